The summed E-state index contributed by atoms with van der Waals surface area (Å²) in [6.45, 7) is 4.76. The van der Waals surface area contributed by atoms with Crippen LogP contribution in [0.4, 0.5) is 9.18 Å². The lowest BCUT2D eigenvalue weighted by Crippen LogP contribution is -2.29. The maximum atomic E-state index is 13.9. The van der Waals surface area contributed by atoms with Crippen LogP contribution in [-0.4, -0.2) is 61.4 Å². The number of imide groups is 1. The van der Waals surface area contributed by atoms with Crippen molar-refractivity contribution in [1.82, 2.24) is 14.9 Å². The van der Waals surface area contributed by atoms with Crippen LogP contribution in [0, 0.1) is 5.82 Å². The van der Waals surface area contributed by atoms with Gasteiger partial charge in [0.15, 0.2) is 11.6 Å². The fourth-order valence-electron chi connectivity index (χ4n) is 2.72. The molecule has 3 amide bonds. The molecule has 9 nitrogen and oxygen atoms in total. The van der Waals surface area contributed by atoms with Crippen LogP contribution >= 0.6 is 0 Å². The van der Waals surface area contributed by atoms with Crippen molar-refractivity contribution in [2.75, 3.05) is 25.4 Å². The SMILES string of the molecule is C[C@@H](NS(=O)(=O)CC/C=C/CN1CC(=O)NC1=O)c1ccc(F)c(OCC(C)(C)O)c1. The smallest absolute Gasteiger partial charge is 0.324 e. The molecule has 1 heterocycles. The maximum Gasteiger partial charge on any atom is 0.324 e. The van der Waals surface area contributed by atoms with Crippen LogP contribution in [0.1, 0.15) is 38.8 Å². The third-order valence-corrected chi connectivity index (χ3v) is 5.79. The molecule has 0 unspecified atom stereocenters. The number of nitrogens with zero attached hydrogens (tertiary/aromatic N) is 1. The summed E-state index contributed by atoms with van der Waals surface area (Å²) in [4.78, 5) is 23.8. The van der Waals surface area contributed by atoms with Gasteiger partial charge >= 0.3 is 6.03 Å². The average Bonchev–Trinajstić information content (AvgIpc) is 2.96. The summed E-state index contributed by atoms with van der Waals surface area (Å²) in [6.07, 6.45) is 3.47. The highest BCUT2D eigenvalue weighted by Crippen LogP contribution is 2.24. The first kappa shape index (κ1) is 24.8. The van der Waals surface area contributed by atoms with Gasteiger partial charge in [0.2, 0.25) is 15.9 Å². The summed E-state index contributed by atoms with van der Waals surface area (Å²) in [5.74, 6) is -1.23. The molecule has 1 aliphatic rings. The molecule has 1 aromatic rings. The zero-order chi connectivity index (χ0) is 23.2. The number of carbonyl (C=O) groups excluding carboxylic acids is 2. The third-order valence-electron chi connectivity index (χ3n) is 4.31. The van der Waals surface area contributed by atoms with E-state index in [1.165, 1.54) is 36.9 Å². The van der Waals surface area contributed by atoms with Crippen LogP contribution < -0.4 is 14.8 Å². The molecule has 0 saturated carbocycles. The minimum atomic E-state index is -3.63. The van der Waals surface area contributed by atoms with E-state index in [9.17, 15) is 27.5 Å². The van der Waals surface area contributed by atoms with E-state index in [0.717, 1.165) is 0 Å². The number of rotatable bonds is 11. The molecule has 1 atom stereocenters. The second kappa shape index (κ2) is 10.2. The minimum Gasteiger partial charge on any atom is -0.488 e. The number of nitrogens with one attached hydrogen (secondary N) is 2. The van der Waals surface area contributed by atoms with E-state index in [-0.39, 0.29) is 43.5 Å². The van der Waals surface area contributed by atoms with Crippen LogP contribution in [-0.2, 0) is 14.8 Å². The number of sulfonamides is 1. The third kappa shape index (κ3) is 8.27. The Morgan fingerprint density at radius 3 is 2.68 bits per heavy atom. The fourth-order valence-corrected chi connectivity index (χ4v) is 3.96. The number of benzene rings is 1. The molecular weight excluding hydrogens is 429 g/mol. The van der Waals surface area contributed by atoms with Gasteiger partial charge < -0.3 is 14.7 Å². The van der Waals surface area contributed by atoms with Gasteiger partial charge in [-0.1, -0.05) is 18.2 Å². The predicted octanol–water partition coefficient (Wildman–Crippen LogP) is 1.45. The standard InChI is InChI=1S/C20H28FN3O6S/c1-14(15-7-8-16(21)17(11-15)30-13-20(2,3)27)23-31(28,29)10-6-4-5-9-24-12-18(25)22-19(24)26/h4-5,7-8,11,14,23,27H,6,9-10,12-13H2,1-3H3,(H,22,25,26)/b5-4+/t14-/m1/s1. The van der Waals surface area contributed by atoms with Gasteiger partial charge in [0, 0.05) is 12.6 Å². The highest BCUT2D eigenvalue weighted by Gasteiger charge is 2.25. The summed E-state index contributed by atoms with van der Waals surface area (Å²) in [6, 6.07) is 2.95. The quantitative estimate of drug-likeness (QED) is 0.341. The Morgan fingerprint density at radius 1 is 1.35 bits per heavy atom. The van der Waals surface area contributed by atoms with Crippen molar-refractivity contribution in [2.45, 2.75) is 38.8 Å². The van der Waals surface area contributed by atoms with Gasteiger partial charge in [-0.2, -0.15) is 0 Å². The van der Waals surface area contributed by atoms with Gasteiger partial charge in [-0.25, -0.2) is 22.3 Å². The van der Waals surface area contributed by atoms with E-state index in [0.29, 0.717) is 5.56 Å². The van der Waals surface area contributed by atoms with Crippen molar-refractivity contribution < 1.29 is 32.2 Å². The Kier molecular flexibility index (Phi) is 8.15. The highest BCUT2D eigenvalue weighted by molar-refractivity contribution is 7.89. The van der Waals surface area contributed by atoms with Gasteiger partial charge in [-0.15, -0.1) is 0 Å². The second-order valence-electron chi connectivity index (χ2n) is 7.94. The molecule has 0 aliphatic carbocycles. The van der Waals surface area contributed by atoms with Gasteiger partial charge in [-0.3, -0.25) is 10.1 Å². The van der Waals surface area contributed by atoms with E-state index in [1.807, 2.05) is 0 Å². The number of hydrogen-bond acceptors (Lipinski definition) is 6. The molecule has 2 rings (SSSR count). The van der Waals surface area contributed by atoms with Gasteiger partial charge in [-0.05, 0) is 44.9 Å². The molecule has 172 valence electrons. The first-order valence-electron chi connectivity index (χ1n) is 9.75. The van der Waals surface area contributed by atoms with E-state index < -0.39 is 33.5 Å². The monoisotopic (exact) mass is 457 g/mol. The van der Waals surface area contributed by atoms with Gasteiger partial charge in [0.25, 0.3) is 0 Å². The Balaban J connectivity index is 1.87. The number of urea groups is 1. The van der Waals surface area contributed by atoms with Crippen LogP contribution in [0.2, 0.25) is 0 Å². The molecule has 11 heteroatoms. The zero-order valence-corrected chi connectivity index (χ0v) is 18.5. The molecule has 1 fully saturated rings. The molecule has 0 aromatic heterocycles. The maximum absolute atomic E-state index is 13.9. The van der Waals surface area contributed by atoms with Crippen molar-refractivity contribution in [1.29, 1.82) is 0 Å². The molecule has 1 aliphatic heterocycles. The number of carbonyl (C=O) groups is 2. The molecule has 31 heavy (non-hydrogen) atoms. The summed E-state index contributed by atoms with van der Waals surface area (Å²) >= 11 is 0. The van der Waals surface area contributed by atoms with E-state index in [2.05, 4.69) is 10.0 Å². The lowest BCUT2D eigenvalue weighted by Gasteiger charge is -2.19. The average molecular weight is 458 g/mol. The van der Waals surface area contributed by atoms with Crippen molar-refractivity contribution in [3.8, 4) is 5.75 Å². The Morgan fingerprint density at radius 2 is 2.06 bits per heavy atom. The summed E-state index contributed by atoms with van der Waals surface area (Å²) in [5, 5.41) is 11.9. The normalized spacial score (nSPS) is 16.1. The summed E-state index contributed by atoms with van der Waals surface area (Å²) in [7, 11) is -3.63. The van der Waals surface area contributed by atoms with Crippen LogP contribution in [0.25, 0.3) is 0 Å². The number of halogens is 1. The molecule has 0 spiro atoms. The van der Waals surface area contributed by atoms with Crippen LogP contribution in [0.15, 0.2) is 30.4 Å². The first-order chi connectivity index (χ1) is 14.4. The van der Waals surface area contributed by atoms with E-state index >= 15 is 0 Å². The molecule has 0 bridgehead atoms. The predicted molar refractivity (Wildman–Crippen MR) is 112 cm³/mol. The minimum absolute atomic E-state index is 0.0142. The first-order valence-corrected chi connectivity index (χ1v) is 11.4. The Bertz CT molecular complexity index is 943. The number of ether oxygens (including phenoxy) is 1. The van der Waals surface area contributed by atoms with E-state index in [4.69, 9.17) is 4.74 Å². The lowest BCUT2D eigenvalue weighted by molar-refractivity contribution is -0.118. The van der Waals surface area contributed by atoms with Crippen molar-refractivity contribution in [3.05, 3.63) is 41.7 Å². The topological polar surface area (TPSA) is 125 Å². The number of hydrogen-bond donors (Lipinski definition) is 3. The molecule has 1 saturated heterocycles. The van der Waals surface area contributed by atoms with Crippen LogP contribution in [0.5, 0.6) is 5.75 Å². The molecule has 1 aromatic carbocycles. The van der Waals surface area contributed by atoms with Gasteiger partial charge in [0.05, 0.1) is 11.4 Å². The number of aliphatic hydroxyl groups is 1. The Hall–Kier alpha value is -2.50. The van der Waals surface area contributed by atoms with E-state index in [1.54, 1.807) is 19.1 Å². The second-order valence-corrected chi connectivity index (χ2v) is 9.82. The molecule has 3 N–H and O–H groups in total. The summed E-state index contributed by atoms with van der Waals surface area (Å²) in [5.41, 5.74) is -0.631. The molecule has 0 radical (unpaired) electrons. The Labute approximate surface area is 181 Å². The van der Waals surface area contributed by atoms with Crippen molar-refractivity contribution >= 4 is 22.0 Å². The van der Waals surface area contributed by atoms with Crippen LogP contribution in [0.3, 0.4) is 0 Å². The largest absolute Gasteiger partial charge is 0.488 e. The van der Waals surface area contributed by atoms with Crippen molar-refractivity contribution in [3.63, 3.8) is 0 Å². The highest BCUT2D eigenvalue weighted by atomic mass is 32.2. The van der Waals surface area contributed by atoms with Crippen molar-refractivity contribution in [2.24, 2.45) is 0 Å². The lowest BCUT2D eigenvalue weighted by atomic mass is 10.1. The van der Waals surface area contributed by atoms with Gasteiger partial charge in [0.1, 0.15) is 13.2 Å². The zero-order valence-electron chi connectivity index (χ0n) is 17.7. The molecular formula is C20H28FN3O6S. The fraction of sp³-hybridized carbons (Fsp3) is 0.500. The summed E-state index contributed by atoms with van der Waals surface area (Å²) < 4.78 is 46.4. The number of allylic oxidation sites excluding steroid dienone is 1. The number of amides is 3.